The third-order valence-electron chi connectivity index (χ3n) is 4.65. The number of alkyl carbamates (subject to hydrolysis) is 1. The predicted molar refractivity (Wildman–Crippen MR) is 137 cm³/mol. The van der Waals surface area contributed by atoms with E-state index >= 15 is 0 Å². The molecule has 0 aliphatic heterocycles. The molecule has 0 fully saturated rings. The molecule has 2 unspecified atom stereocenters. The van der Waals surface area contributed by atoms with Crippen LogP contribution in [0, 0.1) is 12.5 Å². The number of amides is 3. The Kier molecular flexibility index (Phi) is 12.7. The molecule has 3 N–H and O–H groups in total. The number of terminal acetylenes is 1. The summed E-state index contributed by atoms with van der Waals surface area (Å²) in [7, 11) is 0. The lowest BCUT2D eigenvalue weighted by Crippen LogP contribution is -2.51. The first-order valence-electron chi connectivity index (χ1n) is 11.4. The van der Waals surface area contributed by atoms with Crippen LogP contribution in [0.2, 0.25) is 0 Å². The largest absolute Gasteiger partial charge is 0.508 e. The van der Waals surface area contributed by atoms with Crippen molar-refractivity contribution in [2.75, 3.05) is 25.2 Å². The summed E-state index contributed by atoms with van der Waals surface area (Å²) in [6.45, 7) is 6.87. The number of hydrogen-bond donors (Lipinski definition) is 3. The van der Waals surface area contributed by atoms with Gasteiger partial charge in [0.05, 0.1) is 13.0 Å². The Morgan fingerprint density at radius 1 is 1.22 bits per heavy atom. The van der Waals surface area contributed by atoms with Crippen LogP contribution in [0.3, 0.4) is 0 Å². The fraction of sp³-hybridized carbons (Fsp3) is 0.520. The maximum Gasteiger partial charge on any atom is 0.408 e. The van der Waals surface area contributed by atoms with E-state index < -0.39 is 41.6 Å². The first-order valence-corrected chi connectivity index (χ1v) is 12.8. The monoisotopic (exact) mass is 521 g/mol. The number of nitrogens with one attached hydrogen (secondary N) is 2. The zero-order valence-electron chi connectivity index (χ0n) is 21.3. The summed E-state index contributed by atoms with van der Waals surface area (Å²) >= 11 is 1.46. The number of phenols is 1. The van der Waals surface area contributed by atoms with Crippen molar-refractivity contribution in [3.8, 4) is 18.2 Å². The molecule has 1 rings (SSSR count). The summed E-state index contributed by atoms with van der Waals surface area (Å²) in [5.74, 6) is -1.69. The molecule has 2 atom stereocenters. The molecular formula is C25H35N3O7S. The molecule has 0 bridgehead atoms. The number of rotatable bonds is 12. The van der Waals surface area contributed by atoms with Gasteiger partial charge in [0, 0.05) is 18.2 Å². The van der Waals surface area contributed by atoms with E-state index in [1.54, 1.807) is 39.8 Å². The second kappa shape index (κ2) is 14.9. The van der Waals surface area contributed by atoms with Crippen LogP contribution in [0.1, 0.15) is 52.1 Å². The van der Waals surface area contributed by atoms with E-state index in [2.05, 4.69) is 16.7 Å². The second-order valence-corrected chi connectivity index (χ2v) is 9.61. The van der Waals surface area contributed by atoms with Crippen molar-refractivity contribution < 1.29 is 33.8 Å². The van der Waals surface area contributed by atoms with Crippen LogP contribution < -0.4 is 10.6 Å². The Bertz CT molecular complexity index is 956. The van der Waals surface area contributed by atoms with Gasteiger partial charge in [0.25, 0.3) is 5.91 Å². The Hall–Kier alpha value is -3.39. The van der Waals surface area contributed by atoms with Gasteiger partial charge in [-0.15, -0.1) is 0 Å². The molecule has 3 amide bonds. The van der Waals surface area contributed by atoms with E-state index in [1.165, 1.54) is 23.9 Å². The van der Waals surface area contributed by atoms with Gasteiger partial charge in [-0.05, 0) is 52.2 Å². The van der Waals surface area contributed by atoms with E-state index in [0.717, 1.165) is 4.90 Å². The number of ether oxygens (including phenoxy) is 2. The summed E-state index contributed by atoms with van der Waals surface area (Å²) in [4.78, 5) is 51.6. The van der Waals surface area contributed by atoms with Gasteiger partial charge in [0.2, 0.25) is 5.91 Å². The van der Waals surface area contributed by atoms with Gasteiger partial charge in [-0.25, -0.2) is 4.79 Å². The second-order valence-electron chi connectivity index (χ2n) is 8.63. The molecule has 198 valence electrons. The Morgan fingerprint density at radius 3 is 2.44 bits per heavy atom. The van der Waals surface area contributed by atoms with Crippen LogP contribution in [0.15, 0.2) is 24.3 Å². The number of aromatic hydroxyl groups is 1. The number of benzene rings is 1. The number of carbonyl (C=O) groups excluding carboxylic acids is 4. The van der Waals surface area contributed by atoms with Gasteiger partial charge in [-0.1, -0.05) is 24.6 Å². The summed E-state index contributed by atoms with van der Waals surface area (Å²) in [5.41, 5.74) is -0.710. The first kappa shape index (κ1) is 30.6. The molecule has 0 radical (unpaired) electrons. The van der Waals surface area contributed by atoms with Crippen LogP contribution in [0.25, 0.3) is 0 Å². The number of thioether (sulfide) groups is 1. The topological polar surface area (TPSA) is 134 Å². The van der Waals surface area contributed by atoms with Gasteiger partial charge in [0.1, 0.15) is 17.4 Å². The highest BCUT2D eigenvalue weighted by Gasteiger charge is 2.36. The lowest BCUT2D eigenvalue weighted by molar-refractivity contribution is -0.143. The molecule has 36 heavy (non-hydrogen) atoms. The highest BCUT2D eigenvalue weighted by atomic mass is 32.2. The average Bonchev–Trinajstić information content (AvgIpc) is 2.79. The van der Waals surface area contributed by atoms with Crippen molar-refractivity contribution in [2.45, 2.75) is 58.2 Å². The van der Waals surface area contributed by atoms with Crippen molar-refractivity contribution in [2.24, 2.45) is 0 Å². The Morgan fingerprint density at radius 2 is 1.89 bits per heavy atom. The molecule has 0 spiro atoms. The first-order chi connectivity index (χ1) is 16.9. The molecule has 0 saturated carbocycles. The van der Waals surface area contributed by atoms with E-state index in [1.807, 2.05) is 6.26 Å². The van der Waals surface area contributed by atoms with Crippen molar-refractivity contribution in [3.63, 3.8) is 0 Å². The summed E-state index contributed by atoms with van der Waals surface area (Å²) in [5, 5.41) is 15.5. The predicted octanol–water partition coefficient (Wildman–Crippen LogP) is 2.57. The third-order valence-corrected chi connectivity index (χ3v) is 5.29. The SMILES string of the molecule is C#CN(C(=O)C(CCSC)NC(=O)OC(C)(C)C)C(C(=O)NCCC(=O)OCC)c1ccccc1O. The zero-order valence-corrected chi connectivity index (χ0v) is 22.1. The van der Waals surface area contributed by atoms with Crippen LogP contribution in [-0.2, 0) is 23.9 Å². The van der Waals surface area contributed by atoms with Crippen LogP contribution >= 0.6 is 11.8 Å². The molecule has 0 aliphatic carbocycles. The normalized spacial score (nSPS) is 12.4. The summed E-state index contributed by atoms with van der Waals surface area (Å²) < 4.78 is 10.1. The summed E-state index contributed by atoms with van der Waals surface area (Å²) in [6, 6.07) is 5.66. The molecule has 0 heterocycles. The smallest absolute Gasteiger partial charge is 0.408 e. The molecule has 10 nitrogen and oxygen atoms in total. The van der Waals surface area contributed by atoms with Crippen molar-refractivity contribution >= 4 is 35.6 Å². The quantitative estimate of drug-likeness (QED) is 0.217. The van der Waals surface area contributed by atoms with Gasteiger partial charge in [-0.2, -0.15) is 11.8 Å². The van der Waals surface area contributed by atoms with Crippen LogP contribution in [0.4, 0.5) is 4.79 Å². The van der Waals surface area contributed by atoms with Crippen molar-refractivity contribution in [1.82, 2.24) is 15.5 Å². The molecule has 11 heteroatoms. The van der Waals surface area contributed by atoms with Gasteiger partial charge in [0.15, 0.2) is 6.04 Å². The fourth-order valence-electron chi connectivity index (χ4n) is 3.11. The van der Waals surface area contributed by atoms with Crippen LogP contribution in [-0.4, -0.2) is 70.7 Å². The lowest BCUT2D eigenvalue weighted by Gasteiger charge is -2.30. The Balaban J connectivity index is 3.27. The standard InChI is InChI=1S/C25H35N3O7S/c1-7-28(23(32)18(14-16-36-6)27-24(33)35-25(3,4)5)21(17-11-9-10-12-19(17)29)22(31)26-15-13-20(30)34-8-2/h1,9-12,18,21,29H,8,13-16H2,2-6H3,(H,26,31)(H,27,33). The molecule has 0 saturated heterocycles. The highest BCUT2D eigenvalue weighted by Crippen LogP contribution is 2.29. The van der Waals surface area contributed by atoms with Gasteiger partial charge >= 0.3 is 12.1 Å². The average molecular weight is 522 g/mol. The van der Waals surface area contributed by atoms with Crippen molar-refractivity contribution in [1.29, 1.82) is 0 Å². The number of carbonyl (C=O) groups is 4. The minimum Gasteiger partial charge on any atom is -0.508 e. The van der Waals surface area contributed by atoms with E-state index in [0.29, 0.717) is 5.75 Å². The lowest BCUT2D eigenvalue weighted by atomic mass is 10.0. The van der Waals surface area contributed by atoms with E-state index in [9.17, 15) is 24.3 Å². The minimum absolute atomic E-state index is 0.0690. The van der Waals surface area contributed by atoms with E-state index in [4.69, 9.17) is 15.9 Å². The fourth-order valence-corrected chi connectivity index (χ4v) is 3.58. The Labute approximate surface area is 216 Å². The molecule has 1 aromatic carbocycles. The third kappa shape index (κ3) is 10.1. The number of hydrogen-bond acceptors (Lipinski definition) is 8. The highest BCUT2D eigenvalue weighted by molar-refractivity contribution is 7.98. The molecule has 0 aliphatic rings. The van der Waals surface area contributed by atoms with Gasteiger partial charge in [-0.3, -0.25) is 19.3 Å². The van der Waals surface area contributed by atoms with Crippen molar-refractivity contribution in [3.05, 3.63) is 29.8 Å². The number of para-hydroxylation sites is 1. The van der Waals surface area contributed by atoms with Crippen LogP contribution in [0.5, 0.6) is 5.75 Å². The maximum atomic E-state index is 13.5. The summed E-state index contributed by atoms with van der Waals surface area (Å²) in [6.07, 6.45) is 6.85. The number of nitrogens with zero attached hydrogens (tertiary/aromatic N) is 1. The molecular weight excluding hydrogens is 486 g/mol. The molecule has 1 aromatic rings. The van der Waals surface area contributed by atoms with E-state index in [-0.39, 0.29) is 37.3 Å². The zero-order chi connectivity index (χ0) is 27.3. The molecule has 0 aromatic heterocycles. The number of phenolic OH excluding ortho intramolecular Hbond substituents is 1. The van der Waals surface area contributed by atoms with Gasteiger partial charge < -0.3 is 25.2 Å². The maximum absolute atomic E-state index is 13.5. The number of esters is 1. The minimum atomic E-state index is -1.43.